The predicted octanol–water partition coefficient (Wildman–Crippen LogP) is 1.77. The molecule has 1 saturated heterocycles. The molecule has 0 bridgehead atoms. The average molecular weight is 311 g/mol. The SMILES string of the molecule is CC[C@@H]1CN(C(C)=O)CC[C@@H]1N[C@H](C)C(=O)NCCC(C)C. The first-order chi connectivity index (χ1) is 10.3. The van der Waals surface area contributed by atoms with Crippen molar-refractivity contribution in [1.82, 2.24) is 15.5 Å². The van der Waals surface area contributed by atoms with Gasteiger partial charge in [0.25, 0.3) is 0 Å². The molecule has 1 fully saturated rings. The Morgan fingerprint density at radius 2 is 1.95 bits per heavy atom. The van der Waals surface area contributed by atoms with Gasteiger partial charge in [0.1, 0.15) is 0 Å². The molecular formula is C17H33N3O2. The highest BCUT2D eigenvalue weighted by Crippen LogP contribution is 2.20. The number of carbonyl (C=O) groups is 2. The van der Waals surface area contributed by atoms with Crippen LogP contribution in [0.2, 0.25) is 0 Å². The zero-order valence-corrected chi connectivity index (χ0v) is 14.8. The zero-order valence-electron chi connectivity index (χ0n) is 14.8. The van der Waals surface area contributed by atoms with Gasteiger partial charge in [0.05, 0.1) is 6.04 Å². The number of amides is 2. The number of carbonyl (C=O) groups excluding carboxylic acids is 2. The molecule has 128 valence electrons. The summed E-state index contributed by atoms with van der Waals surface area (Å²) in [6.45, 7) is 12.3. The normalized spacial score (nSPS) is 23.5. The predicted molar refractivity (Wildman–Crippen MR) is 89.5 cm³/mol. The maximum atomic E-state index is 12.1. The fraction of sp³-hybridized carbons (Fsp3) is 0.882. The summed E-state index contributed by atoms with van der Waals surface area (Å²) in [5, 5.41) is 6.46. The number of piperidine rings is 1. The molecule has 2 N–H and O–H groups in total. The van der Waals surface area contributed by atoms with Gasteiger partial charge in [-0.05, 0) is 31.6 Å². The van der Waals surface area contributed by atoms with Gasteiger partial charge in [-0.15, -0.1) is 0 Å². The third-order valence-corrected chi connectivity index (χ3v) is 4.58. The van der Waals surface area contributed by atoms with Crippen molar-refractivity contribution in [2.75, 3.05) is 19.6 Å². The minimum atomic E-state index is -0.185. The molecule has 0 radical (unpaired) electrons. The van der Waals surface area contributed by atoms with E-state index >= 15 is 0 Å². The van der Waals surface area contributed by atoms with Crippen molar-refractivity contribution < 1.29 is 9.59 Å². The van der Waals surface area contributed by atoms with Crippen LogP contribution in [0, 0.1) is 11.8 Å². The van der Waals surface area contributed by atoms with Gasteiger partial charge in [-0.3, -0.25) is 9.59 Å². The van der Waals surface area contributed by atoms with Crippen LogP contribution in [0.15, 0.2) is 0 Å². The van der Waals surface area contributed by atoms with E-state index in [1.54, 1.807) is 6.92 Å². The quantitative estimate of drug-likeness (QED) is 0.753. The molecule has 3 atom stereocenters. The van der Waals surface area contributed by atoms with Crippen LogP contribution in [0.3, 0.4) is 0 Å². The van der Waals surface area contributed by atoms with Crippen LogP contribution in [0.1, 0.15) is 53.9 Å². The Kier molecular flexibility index (Phi) is 7.87. The molecule has 5 heteroatoms. The summed E-state index contributed by atoms with van der Waals surface area (Å²) in [4.78, 5) is 25.6. The van der Waals surface area contributed by atoms with Crippen LogP contribution >= 0.6 is 0 Å². The van der Waals surface area contributed by atoms with Crippen molar-refractivity contribution in [2.24, 2.45) is 11.8 Å². The van der Waals surface area contributed by atoms with Crippen LogP contribution in [0.5, 0.6) is 0 Å². The highest BCUT2D eigenvalue weighted by molar-refractivity contribution is 5.81. The maximum absolute atomic E-state index is 12.1. The summed E-state index contributed by atoms with van der Waals surface area (Å²) >= 11 is 0. The number of nitrogens with zero attached hydrogens (tertiary/aromatic N) is 1. The van der Waals surface area contributed by atoms with Crippen molar-refractivity contribution in [3.05, 3.63) is 0 Å². The van der Waals surface area contributed by atoms with Gasteiger partial charge in [0.15, 0.2) is 0 Å². The molecule has 0 aromatic rings. The summed E-state index contributed by atoms with van der Waals surface area (Å²) in [7, 11) is 0. The largest absolute Gasteiger partial charge is 0.355 e. The standard InChI is InChI=1S/C17H33N3O2/c1-6-15-11-20(14(5)21)10-8-16(15)19-13(4)17(22)18-9-7-12(2)3/h12-13,15-16,19H,6-11H2,1-5H3,(H,18,22)/t13-,15-,16+/m1/s1. The Labute approximate surface area is 135 Å². The molecule has 2 amide bonds. The van der Waals surface area contributed by atoms with Gasteiger partial charge in [-0.1, -0.05) is 27.2 Å². The lowest BCUT2D eigenvalue weighted by Gasteiger charge is -2.39. The fourth-order valence-corrected chi connectivity index (χ4v) is 2.99. The first-order valence-electron chi connectivity index (χ1n) is 8.64. The molecule has 0 spiro atoms. The Hall–Kier alpha value is -1.10. The number of nitrogens with one attached hydrogen (secondary N) is 2. The van der Waals surface area contributed by atoms with Crippen LogP contribution in [-0.2, 0) is 9.59 Å². The van der Waals surface area contributed by atoms with E-state index in [9.17, 15) is 9.59 Å². The first kappa shape index (κ1) is 18.9. The van der Waals surface area contributed by atoms with E-state index in [1.165, 1.54) is 0 Å². The lowest BCUT2D eigenvalue weighted by molar-refractivity contribution is -0.131. The second-order valence-corrected chi connectivity index (χ2v) is 6.89. The van der Waals surface area contributed by atoms with Gasteiger partial charge >= 0.3 is 0 Å². The van der Waals surface area contributed by atoms with Gasteiger partial charge in [0.2, 0.25) is 11.8 Å². The second-order valence-electron chi connectivity index (χ2n) is 6.89. The van der Waals surface area contributed by atoms with Gasteiger partial charge in [-0.25, -0.2) is 0 Å². The zero-order chi connectivity index (χ0) is 16.7. The molecule has 0 saturated carbocycles. The van der Waals surface area contributed by atoms with Crippen molar-refractivity contribution in [2.45, 2.75) is 66.0 Å². The Morgan fingerprint density at radius 3 is 2.50 bits per heavy atom. The Bertz CT molecular complexity index is 371. The van der Waals surface area contributed by atoms with Crippen LogP contribution < -0.4 is 10.6 Å². The topological polar surface area (TPSA) is 61.4 Å². The summed E-state index contributed by atoms with van der Waals surface area (Å²) in [6.07, 6.45) is 2.94. The van der Waals surface area contributed by atoms with Crippen molar-refractivity contribution in [3.63, 3.8) is 0 Å². The Morgan fingerprint density at radius 1 is 1.27 bits per heavy atom. The van der Waals surface area contributed by atoms with Crippen LogP contribution in [-0.4, -0.2) is 48.4 Å². The summed E-state index contributed by atoms with van der Waals surface area (Å²) in [5.41, 5.74) is 0. The Balaban J connectivity index is 2.44. The average Bonchev–Trinajstić information content (AvgIpc) is 2.46. The third-order valence-electron chi connectivity index (χ3n) is 4.58. The number of likely N-dealkylation sites (tertiary alicyclic amines) is 1. The number of rotatable bonds is 7. The lowest BCUT2D eigenvalue weighted by Crippen LogP contribution is -2.55. The molecule has 0 unspecified atom stereocenters. The van der Waals surface area contributed by atoms with Crippen molar-refractivity contribution in [3.8, 4) is 0 Å². The van der Waals surface area contributed by atoms with Crippen molar-refractivity contribution >= 4 is 11.8 Å². The van der Waals surface area contributed by atoms with E-state index in [0.29, 0.717) is 17.9 Å². The molecule has 0 aromatic carbocycles. The van der Waals surface area contributed by atoms with E-state index in [4.69, 9.17) is 0 Å². The second kappa shape index (κ2) is 9.13. The van der Waals surface area contributed by atoms with Crippen molar-refractivity contribution in [1.29, 1.82) is 0 Å². The highest BCUT2D eigenvalue weighted by atomic mass is 16.2. The summed E-state index contributed by atoms with van der Waals surface area (Å²) in [6, 6.07) is 0.126. The fourth-order valence-electron chi connectivity index (χ4n) is 2.99. The van der Waals surface area contributed by atoms with E-state index in [-0.39, 0.29) is 17.9 Å². The highest BCUT2D eigenvalue weighted by Gasteiger charge is 2.30. The molecule has 1 rings (SSSR count). The van der Waals surface area contributed by atoms with Gasteiger partial charge in [-0.2, -0.15) is 0 Å². The molecule has 1 aliphatic rings. The molecule has 0 aromatic heterocycles. The molecular weight excluding hydrogens is 278 g/mol. The van der Waals surface area contributed by atoms with Crippen LogP contribution in [0.4, 0.5) is 0 Å². The first-order valence-corrected chi connectivity index (χ1v) is 8.64. The van der Waals surface area contributed by atoms with Gasteiger partial charge in [0, 0.05) is 32.6 Å². The van der Waals surface area contributed by atoms with E-state index in [2.05, 4.69) is 31.4 Å². The van der Waals surface area contributed by atoms with Crippen LogP contribution in [0.25, 0.3) is 0 Å². The molecule has 1 aliphatic heterocycles. The maximum Gasteiger partial charge on any atom is 0.236 e. The molecule has 22 heavy (non-hydrogen) atoms. The lowest BCUT2D eigenvalue weighted by atomic mass is 9.89. The molecule has 0 aliphatic carbocycles. The minimum Gasteiger partial charge on any atom is -0.355 e. The monoisotopic (exact) mass is 311 g/mol. The number of hydrogen-bond acceptors (Lipinski definition) is 3. The summed E-state index contributed by atoms with van der Waals surface area (Å²) in [5.74, 6) is 1.24. The molecule has 1 heterocycles. The minimum absolute atomic E-state index is 0.0736. The smallest absolute Gasteiger partial charge is 0.236 e. The molecule has 5 nitrogen and oxygen atoms in total. The van der Waals surface area contributed by atoms with Gasteiger partial charge < -0.3 is 15.5 Å². The number of hydrogen-bond donors (Lipinski definition) is 2. The summed E-state index contributed by atoms with van der Waals surface area (Å²) < 4.78 is 0. The third kappa shape index (κ3) is 5.95. The van der Waals surface area contributed by atoms with E-state index in [0.717, 1.165) is 38.9 Å². The van der Waals surface area contributed by atoms with E-state index < -0.39 is 0 Å². The van der Waals surface area contributed by atoms with E-state index in [1.807, 2.05) is 11.8 Å².